The second kappa shape index (κ2) is 4.09. The zero-order valence-corrected chi connectivity index (χ0v) is 8.64. The number of nitrogens with zero attached hydrogens (tertiary/aromatic N) is 2. The minimum atomic E-state index is 0.478. The van der Waals surface area contributed by atoms with Crippen LogP contribution in [0.5, 0.6) is 0 Å². The number of benzene rings is 1. The Bertz CT molecular complexity index is 452. The highest BCUT2D eigenvalue weighted by molar-refractivity contribution is 5.36. The van der Waals surface area contributed by atoms with Gasteiger partial charge >= 0.3 is 0 Å². The minimum Gasteiger partial charge on any atom is -0.382 e. The molecule has 0 saturated heterocycles. The molecule has 0 aliphatic carbocycles. The van der Waals surface area contributed by atoms with Crippen molar-refractivity contribution >= 4 is 5.82 Å². The molecule has 1 heterocycles. The van der Waals surface area contributed by atoms with E-state index in [4.69, 9.17) is 5.73 Å². The molecule has 76 valence electrons. The Labute approximate surface area is 89.0 Å². The predicted molar refractivity (Wildman–Crippen MR) is 60.4 cm³/mol. The zero-order valence-electron chi connectivity index (χ0n) is 8.64. The molecule has 3 heteroatoms. The molecule has 0 radical (unpaired) electrons. The van der Waals surface area contributed by atoms with Gasteiger partial charge in [-0.3, -0.25) is 0 Å². The summed E-state index contributed by atoms with van der Waals surface area (Å²) in [6, 6.07) is 12.1. The van der Waals surface area contributed by atoms with Crippen molar-refractivity contribution in [1.29, 1.82) is 0 Å². The summed E-state index contributed by atoms with van der Waals surface area (Å²) in [7, 11) is 0. The average Bonchev–Trinajstić information content (AvgIpc) is 2.25. The maximum absolute atomic E-state index is 5.61. The molecule has 2 rings (SSSR count). The van der Waals surface area contributed by atoms with Gasteiger partial charge in [0.2, 0.25) is 0 Å². The molecule has 0 aliphatic rings. The molecular formula is C12H13N3. The first kappa shape index (κ1) is 9.65. The van der Waals surface area contributed by atoms with Crippen LogP contribution < -0.4 is 5.73 Å². The van der Waals surface area contributed by atoms with Gasteiger partial charge in [-0.25, -0.2) is 0 Å². The number of rotatable bonds is 2. The number of anilines is 1. The van der Waals surface area contributed by atoms with Gasteiger partial charge < -0.3 is 5.73 Å². The van der Waals surface area contributed by atoms with E-state index >= 15 is 0 Å². The predicted octanol–water partition coefficient (Wildman–Crippen LogP) is 1.96. The molecule has 1 aromatic heterocycles. The molecular weight excluding hydrogens is 186 g/mol. The van der Waals surface area contributed by atoms with Crippen LogP contribution in [0.15, 0.2) is 36.4 Å². The van der Waals surface area contributed by atoms with Gasteiger partial charge in [-0.15, -0.1) is 5.10 Å². The second-order valence-electron chi connectivity index (χ2n) is 3.54. The van der Waals surface area contributed by atoms with E-state index in [-0.39, 0.29) is 0 Å². The summed E-state index contributed by atoms with van der Waals surface area (Å²) in [6.45, 7) is 1.95. The van der Waals surface area contributed by atoms with Gasteiger partial charge in [0.05, 0.1) is 5.69 Å². The highest BCUT2D eigenvalue weighted by atomic mass is 15.1. The third kappa shape index (κ3) is 2.31. The fourth-order valence-corrected chi connectivity index (χ4v) is 1.50. The van der Waals surface area contributed by atoms with Gasteiger partial charge in [-0.2, -0.15) is 5.10 Å². The summed E-state index contributed by atoms with van der Waals surface area (Å²) < 4.78 is 0. The van der Waals surface area contributed by atoms with Crippen molar-refractivity contribution in [2.45, 2.75) is 13.3 Å². The van der Waals surface area contributed by atoms with E-state index in [9.17, 15) is 0 Å². The number of hydrogen-bond acceptors (Lipinski definition) is 3. The number of nitrogens with two attached hydrogens (primary N) is 1. The molecule has 1 aromatic carbocycles. The van der Waals surface area contributed by atoms with Crippen LogP contribution in [-0.2, 0) is 6.42 Å². The molecule has 0 saturated carbocycles. The third-order valence-electron chi connectivity index (χ3n) is 2.34. The summed E-state index contributed by atoms with van der Waals surface area (Å²) >= 11 is 0. The van der Waals surface area contributed by atoms with Gasteiger partial charge in [-0.05, 0) is 30.5 Å². The van der Waals surface area contributed by atoms with Gasteiger partial charge in [0, 0.05) is 0 Å². The van der Waals surface area contributed by atoms with E-state index in [0.717, 1.165) is 17.7 Å². The topological polar surface area (TPSA) is 51.8 Å². The van der Waals surface area contributed by atoms with Gasteiger partial charge in [0.15, 0.2) is 0 Å². The van der Waals surface area contributed by atoms with E-state index in [2.05, 4.69) is 22.3 Å². The maximum atomic E-state index is 5.61. The van der Waals surface area contributed by atoms with Crippen LogP contribution in [0.25, 0.3) is 0 Å². The molecule has 2 aromatic rings. The second-order valence-corrected chi connectivity index (χ2v) is 3.54. The Kier molecular flexibility index (Phi) is 2.63. The molecule has 0 amide bonds. The molecule has 0 spiro atoms. The van der Waals surface area contributed by atoms with E-state index in [0.29, 0.717) is 5.82 Å². The van der Waals surface area contributed by atoms with Crippen LogP contribution in [0.3, 0.4) is 0 Å². The fourth-order valence-electron chi connectivity index (χ4n) is 1.50. The van der Waals surface area contributed by atoms with E-state index in [1.807, 2.05) is 31.2 Å². The van der Waals surface area contributed by atoms with Crippen molar-refractivity contribution < 1.29 is 0 Å². The average molecular weight is 199 g/mol. The first-order valence-electron chi connectivity index (χ1n) is 4.88. The van der Waals surface area contributed by atoms with Gasteiger partial charge in [0.1, 0.15) is 5.82 Å². The molecule has 2 N–H and O–H groups in total. The van der Waals surface area contributed by atoms with Crippen LogP contribution in [0.4, 0.5) is 5.82 Å². The molecule has 0 fully saturated rings. The van der Waals surface area contributed by atoms with E-state index in [1.54, 1.807) is 0 Å². The molecule has 3 nitrogen and oxygen atoms in total. The van der Waals surface area contributed by atoms with Crippen molar-refractivity contribution in [2.24, 2.45) is 0 Å². The minimum absolute atomic E-state index is 0.478. The number of hydrogen-bond donors (Lipinski definition) is 1. The van der Waals surface area contributed by atoms with Crippen LogP contribution >= 0.6 is 0 Å². The first-order chi connectivity index (χ1) is 7.25. The Morgan fingerprint density at radius 2 is 1.87 bits per heavy atom. The third-order valence-corrected chi connectivity index (χ3v) is 2.34. The van der Waals surface area contributed by atoms with Crippen molar-refractivity contribution in [3.05, 3.63) is 53.2 Å². The van der Waals surface area contributed by atoms with Gasteiger partial charge in [0.25, 0.3) is 0 Å². The SMILES string of the molecule is Cc1nnc(N)cc1Cc1ccccc1. The van der Waals surface area contributed by atoms with Crippen molar-refractivity contribution in [2.75, 3.05) is 5.73 Å². The Morgan fingerprint density at radius 3 is 2.60 bits per heavy atom. The largest absolute Gasteiger partial charge is 0.382 e. The molecule has 15 heavy (non-hydrogen) atoms. The Morgan fingerprint density at radius 1 is 1.13 bits per heavy atom. The van der Waals surface area contributed by atoms with Crippen LogP contribution in [0.1, 0.15) is 16.8 Å². The van der Waals surface area contributed by atoms with Crippen molar-refractivity contribution in [3.8, 4) is 0 Å². The summed E-state index contributed by atoms with van der Waals surface area (Å²) in [5, 5.41) is 7.81. The quantitative estimate of drug-likeness (QED) is 0.804. The number of aryl methyl sites for hydroxylation is 1. The van der Waals surface area contributed by atoms with E-state index < -0.39 is 0 Å². The smallest absolute Gasteiger partial charge is 0.146 e. The van der Waals surface area contributed by atoms with Crippen molar-refractivity contribution in [3.63, 3.8) is 0 Å². The van der Waals surface area contributed by atoms with Gasteiger partial charge in [-0.1, -0.05) is 30.3 Å². The highest BCUT2D eigenvalue weighted by Gasteiger charge is 2.02. The summed E-state index contributed by atoms with van der Waals surface area (Å²) in [5.41, 5.74) is 8.94. The summed E-state index contributed by atoms with van der Waals surface area (Å²) in [6.07, 6.45) is 0.854. The lowest BCUT2D eigenvalue weighted by Gasteiger charge is -2.04. The number of aromatic nitrogens is 2. The van der Waals surface area contributed by atoms with Crippen molar-refractivity contribution in [1.82, 2.24) is 10.2 Å². The van der Waals surface area contributed by atoms with Crippen LogP contribution in [0, 0.1) is 6.92 Å². The molecule has 0 atom stereocenters. The molecule has 0 bridgehead atoms. The molecule has 0 unspecified atom stereocenters. The molecule has 0 aliphatic heterocycles. The summed E-state index contributed by atoms with van der Waals surface area (Å²) in [5.74, 6) is 0.478. The van der Waals surface area contributed by atoms with Crippen LogP contribution in [-0.4, -0.2) is 10.2 Å². The first-order valence-corrected chi connectivity index (χ1v) is 4.88. The lowest BCUT2D eigenvalue weighted by molar-refractivity contribution is 0.951. The number of nitrogen functional groups attached to an aromatic ring is 1. The lowest BCUT2D eigenvalue weighted by atomic mass is 10.0. The Hall–Kier alpha value is -1.90. The lowest BCUT2D eigenvalue weighted by Crippen LogP contribution is -2.00. The zero-order chi connectivity index (χ0) is 10.7. The Balaban J connectivity index is 2.28. The standard InChI is InChI=1S/C12H13N3/c1-9-11(8-12(13)15-14-9)7-10-5-3-2-4-6-10/h2-6,8H,7H2,1H3,(H2,13,15). The van der Waals surface area contributed by atoms with Crippen LogP contribution in [0.2, 0.25) is 0 Å². The summed E-state index contributed by atoms with van der Waals surface area (Å²) in [4.78, 5) is 0. The van der Waals surface area contributed by atoms with E-state index in [1.165, 1.54) is 5.56 Å². The normalized spacial score (nSPS) is 10.2. The maximum Gasteiger partial charge on any atom is 0.146 e. The fraction of sp³-hybridized carbons (Fsp3) is 0.167. The monoisotopic (exact) mass is 199 g/mol. The highest BCUT2D eigenvalue weighted by Crippen LogP contribution is 2.12.